The molecule has 3 nitrogen and oxygen atoms in total. The molecule has 0 aliphatic carbocycles. The van der Waals surface area contributed by atoms with Crippen LogP contribution < -0.4 is 5.32 Å². The number of carbonyl (C=O) groups is 1. The fourth-order valence-electron chi connectivity index (χ4n) is 4.04. The van der Waals surface area contributed by atoms with Gasteiger partial charge in [0.25, 0.3) is 0 Å². The first-order valence-corrected chi connectivity index (χ1v) is 9.13. The van der Waals surface area contributed by atoms with Crippen LogP contribution in [0.3, 0.4) is 0 Å². The van der Waals surface area contributed by atoms with E-state index in [0.29, 0.717) is 36.4 Å². The van der Waals surface area contributed by atoms with E-state index in [0.717, 1.165) is 19.3 Å². The van der Waals surface area contributed by atoms with E-state index in [-0.39, 0.29) is 12.4 Å². The summed E-state index contributed by atoms with van der Waals surface area (Å²) in [5.74, 6) is 0.858. The predicted molar refractivity (Wildman–Crippen MR) is 102 cm³/mol. The van der Waals surface area contributed by atoms with E-state index in [1.54, 1.807) is 0 Å². The lowest BCUT2D eigenvalue weighted by Crippen LogP contribution is -2.48. The number of piperidine rings is 1. The summed E-state index contributed by atoms with van der Waals surface area (Å²) >= 11 is 0. The molecule has 1 aromatic rings. The molecule has 2 aliphatic heterocycles. The third-order valence-corrected chi connectivity index (χ3v) is 5.66. The zero-order valence-electron chi connectivity index (χ0n) is 15.1. The minimum absolute atomic E-state index is 0. The zero-order valence-corrected chi connectivity index (χ0v) is 15.9. The number of rotatable bonds is 5. The van der Waals surface area contributed by atoms with Gasteiger partial charge < -0.3 is 10.2 Å². The van der Waals surface area contributed by atoms with Gasteiger partial charge >= 0.3 is 0 Å². The minimum atomic E-state index is 0. The van der Waals surface area contributed by atoms with E-state index in [4.69, 9.17) is 0 Å². The van der Waals surface area contributed by atoms with E-state index in [2.05, 4.69) is 43.4 Å². The number of aryl methyl sites for hydroxylation is 1. The van der Waals surface area contributed by atoms with Gasteiger partial charge in [0.05, 0.1) is 0 Å². The number of nitrogens with zero attached hydrogens (tertiary/aromatic N) is 1. The van der Waals surface area contributed by atoms with Crippen LogP contribution in [0.5, 0.6) is 0 Å². The lowest BCUT2D eigenvalue weighted by molar-refractivity contribution is -0.132. The van der Waals surface area contributed by atoms with Crippen LogP contribution in [0.1, 0.15) is 63.0 Å². The molecule has 3 rings (SSSR count). The number of carbonyl (C=O) groups excluding carboxylic acids is 1. The molecule has 24 heavy (non-hydrogen) atoms. The molecule has 2 unspecified atom stereocenters. The average Bonchev–Trinajstić information content (AvgIpc) is 2.90. The smallest absolute Gasteiger partial charge is 0.222 e. The predicted octanol–water partition coefficient (Wildman–Crippen LogP) is 3.91. The van der Waals surface area contributed by atoms with Crippen molar-refractivity contribution in [3.63, 3.8) is 0 Å². The van der Waals surface area contributed by atoms with Crippen molar-refractivity contribution in [2.75, 3.05) is 7.05 Å². The van der Waals surface area contributed by atoms with Crippen molar-refractivity contribution >= 4 is 18.3 Å². The number of hydrogen-bond acceptors (Lipinski definition) is 2. The summed E-state index contributed by atoms with van der Waals surface area (Å²) in [4.78, 5) is 14.6. The standard InChI is InChI=1S/C20H30N2O.ClH/c1-14(2)16-7-4-15(5-8-16)6-11-20(23)22(3)19-12-17-9-10-18(13-19)21-17;/h4-5,7-8,14,17-19,21H,6,9-13H2,1-3H3;1H. The molecular weight excluding hydrogens is 320 g/mol. The summed E-state index contributed by atoms with van der Waals surface area (Å²) in [6.07, 6.45) is 6.29. The zero-order chi connectivity index (χ0) is 16.4. The van der Waals surface area contributed by atoms with Crippen LogP contribution in [0, 0.1) is 0 Å². The Balaban J connectivity index is 0.00000208. The Bertz CT molecular complexity index is 531. The highest BCUT2D eigenvalue weighted by Gasteiger charge is 2.36. The van der Waals surface area contributed by atoms with Crippen molar-refractivity contribution < 1.29 is 4.79 Å². The molecule has 0 saturated carbocycles. The van der Waals surface area contributed by atoms with Gasteiger partial charge in [-0.05, 0) is 49.1 Å². The van der Waals surface area contributed by atoms with Gasteiger partial charge in [-0.3, -0.25) is 4.79 Å². The fraction of sp³-hybridized carbons (Fsp3) is 0.650. The summed E-state index contributed by atoms with van der Waals surface area (Å²) in [5, 5.41) is 3.65. The van der Waals surface area contributed by atoms with Crippen LogP contribution in [0.2, 0.25) is 0 Å². The molecule has 0 radical (unpaired) electrons. The van der Waals surface area contributed by atoms with Gasteiger partial charge in [-0.15, -0.1) is 12.4 Å². The Morgan fingerprint density at radius 1 is 1.17 bits per heavy atom. The molecule has 134 valence electrons. The van der Waals surface area contributed by atoms with Gasteiger partial charge in [-0.25, -0.2) is 0 Å². The quantitative estimate of drug-likeness (QED) is 0.873. The summed E-state index contributed by atoms with van der Waals surface area (Å²) in [6, 6.07) is 10.4. The highest BCUT2D eigenvalue weighted by atomic mass is 35.5. The average molecular weight is 351 g/mol. The molecular formula is C20H31ClN2O. The van der Waals surface area contributed by atoms with Gasteiger partial charge in [0, 0.05) is 31.6 Å². The maximum atomic E-state index is 12.5. The molecule has 2 heterocycles. The second-order valence-electron chi connectivity index (χ2n) is 7.66. The molecule has 2 aliphatic rings. The molecule has 2 saturated heterocycles. The highest BCUT2D eigenvalue weighted by molar-refractivity contribution is 5.85. The summed E-state index contributed by atoms with van der Waals surface area (Å²) in [7, 11) is 2.00. The maximum absolute atomic E-state index is 12.5. The number of amides is 1. The van der Waals surface area contributed by atoms with Crippen molar-refractivity contribution in [2.45, 2.75) is 76.4 Å². The Labute approximate surface area is 152 Å². The van der Waals surface area contributed by atoms with Gasteiger partial charge in [-0.1, -0.05) is 38.1 Å². The molecule has 2 fully saturated rings. The first-order chi connectivity index (χ1) is 11.0. The van der Waals surface area contributed by atoms with Crippen molar-refractivity contribution in [1.29, 1.82) is 0 Å². The molecule has 1 N–H and O–H groups in total. The molecule has 4 heteroatoms. The number of halogens is 1. The normalized spacial score (nSPS) is 25.4. The Hall–Kier alpha value is -1.06. The Morgan fingerprint density at radius 2 is 1.75 bits per heavy atom. The lowest BCUT2D eigenvalue weighted by Gasteiger charge is -2.35. The molecule has 0 spiro atoms. The third kappa shape index (κ3) is 4.52. The van der Waals surface area contributed by atoms with Gasteiger partial charge in [0.2, 0.25) is 5.91 Å². The van der Waals surface area contributed by atoms with E-state index in [1.807, 2.05) is 11.9 Å². The first-order valence-electron chi connectivity index (χ1n) is 9.13. The van der Waals surface area contributed by atoms with Crippen molar-refractivity contribution in [3.8, 4) is 0 Å². The lowest BCUT2D eigenvalue weighted by atomic mass is 9.97. The molecule has 1 amide bonds. The number of benzene rings is 1. The van der Waals surface area contributed by atoms with E-state index >= 15 is 0 Å². The second kappa shape index (κ2) is 8.35. The summed E-state index contributed by atoms with van der Waals surface area (Å²) < 4.78 is 0. The number of hydrogen-bond donors (Lipinski definition) is 1. The van der Waals surface area contributed by atoms with E-state index < -0.39 is 0 Å². The monoisotopic (exact) mass is 350 g/mol. The van der Waals surface area contributed by atoms with E-state index in [9.17, 15) is 4.79 Å². The molecule has 1 aromatic carbocycles. The Kier molecular flexibility index (Phi) is 6.70. The third-order valence-electron chi connectivity index (χ3n) is 5.66. The maximum Gasteiger partial charge on any atom is 0.222 e. The molecule has 2 bridgehead atoms. The summed E-state index contributed by atoms with van der Waals surface area (Å²) in [6.45, 7) is 4.42. The topological polar surface area (TPSA) is 32.3 Å². The van der Waals surface area contributed by atoms with Gasteiger partial charge in [0.15, 0.2) is 0 Å². The van der Waals surface area contributed by atoms with Crippen molar-refractivity contribution in [1.82, 2.24) is 10.2 Å². The van der Waals surface area contributed by atoms with Crippen LogP contribution in [0.25, 0.3) is 0 Å². The second-order valence-corrected chi connectivity index (χ2v) is 7.66. The van der Waals surface area contributed by atoms with Crippen LogP contribution >= 0.6 is 12.4 Å². The molecule has 0 aromatic heterocycles. The molecule has 2 atom stereocenters. The van der Waals surface area contributed by atoms with Crippen molar-refractivity contribution in [2.24, 2.45) is 0 Å². The van der Waals surface area contributed by atoms with Crippen LogP contribution in [-0.4, -0.2) is 36.0 Å². The number of fused-ring (bicyclic) bond motifs is 2. The fourth-order valence-corrected chi connectivity index (χ4v) is 4.04. The minimum Gasteiger partial charge on any atom is -0.343 e. The van der Waals surface area contributed by atoms with Crippen LogP contribution in [0.15, 0.2) is 24.3 Å². The van der Waals surface area contributed by atoms with Crippen LogP contribution in [-0.2, 0) is 11.2 Å². The Morgan fingerprint density at radius 3 is 2.29 bits per heavy atom. The number of nitrogens with one attached hydrogen (secondary N) is 1. The van der Waals surface area contributed by atoms with Crippen molar-refractivity contribution in [3.05, 3.63) is 35.4 Å². The van der Waals surface area contributed by atoms with Crippen LogP contribution in [0.4, 0.5) is 0 Å². The first kappa shape index (κ1) is 19.3. The highest BCUT2D eigenvalue weighted by Crippen LogP contribution is 2.29. The van der Waals surface area contributed by atoms with Gasteiger partial charge in [0.1, 0.15) is 0 Å². The SMILES string of the molecule is CC(C)c1ccc(CCC(=O)N(C)C2CC3CCC(C2)N3)cc1.Cl. The summed E-state index contributed by atoms with van der Waals surface area (Å²) in [5.41, 5.74) is 2.63. The van der Waals surface area contributed by atoms with E-state index in [1.165, 1.54) is 24.0 Å². The van der Waals surface area contributed by atoms with Gasteiger partial charge in [-0.2, -0.15) is 0 Å². The largest absolute Gasteiger partial charge is 0.343 e.